The van der Waals surface area contributed by atoms with Crippen molar-refractivity contribution in [1.29, 1.82) is 0 Å². The van der Waals surface area contributed by atoms with Gasteiger partial charge in [-0.15, -0.1) is 0 Å². The van der Waals surface area contributed by atoms with E-state index in [0.717, 1.165) is 6.42 Å². The Morgan fingerprint density at radius 3 is 2.78 bits per heavy atom. The van der Waals surface area contributed by atoms with Crippen LogP contribution in [0.25, 0.3) is 0 Å². The molecular weight excluding hydrogens is 236 g/mol. The second-order valence-electron chi connectivity index (χ2n) is 3.88. The van der Waals surface area contributed by atoms with Gasteiger partial charge < -0.3 is 15.2 Å². The molecule has 6 nitrogen and oxygen atoms in total. The molecule has 0 bridgehead atoms. The smallest absolute Gasteiger partial charge is 0.333 e. The summed E-state index contributed by atoms with van der Waals surface area (Å²) < 4.78 is 4.99. The second-order valence-corrected chi connectivity index (χ2v) is 3.88. The highest BCUT2D eigenvalue weighted by atomic mass is 16.6. The highest BCUT2D eigenvalue weighted by molar-refractivity contribution is 5.68. The predicted octanol–water partition coefficient (Wildman–Crippen LogP) is 2.18. The SMILES string of the molecule is CCC(CCO)Nc1cccc(OC)c1[N+](=O)[O-]. The molecule has 1 unspecified atom stereocenters. The van der Waals surface area contributed by atoms with Gasteiger partial charge in [0.15, 0.2) is 5.75 Å². The number of methoxy groups -OCH3 is 1. The summed E-state index contributed by atoms with van der Waals surface area (Å²) in [5, 5.41) is 23.1. The van der Waals surface area contributed by atoms with Crippen LogP contribution in [-0.4, -0.2) is 29.8 Å². The third-order valence-electron chi connectivity index (χ3n) is 2.73. The van der Waals surface area contributed by atoms with Crippen molar-refractivity contribution < 1.29 is 14.8 Å². The van der Waals surface area contributed by atoms with Gasteiger partial charge in [0.1, 0.15) is 5.69 Å². The van der Waals surface area contributed by atoms with Gasteiger partial charge in [-0.2, -0.15) is 0 Å². The van der Waals surface area contributed by atoms with Crippen molar-refractivity contribution in [2.45, 2.75) is 25.8 Å². The number of aliphatic hydroxyl groups is 1. The number of benzene rings is 1. The molecule has 0 spiro atoms. The zero-order chi connectivity index (χ0) is 13.5. The molecule has 18 heavy (non-hydrogen) atoms. The lowest BCUT2D eigenvalue weighted by molar-refractivity contribution is -0.384. The number of para-hydroxylation sites is 1. The average molecular weight is 254 g/mol. The molecule has 2 N–H and O–H groups in total. The van der Waals surface area contributed by atoms with Crippen molar-refractivity contribution >= 4 is 11.4 Å². The molecule has 1 rings (SSSR count). The van der Waals surface area contributed by atoms with Crippen molar-refractivity contribution in [3.05, 3.63) is 28.3 Å². The number of nitro groups is 1. The molecule has 0 aliphatic heterocycles. The van der Waals surface area contributed by atoms with Crippen molar-refractivity contribution in [1.82, 2.24) is 0 Å². The van der Waals surface area contributed by atoms with Gasteiger partial charge in [-0.1, -0.05) is 13.0 Å². The number of anilines is 1. The predicted molar refractivity (Wildman–Crippen MR) is 69.1 cm³/mol. The molecule has 100 valence electrons. The van der Waals surface area contributed by atoms with Crippen LogP contribution in [0, 0.1) is 10.1 Å². The molecule has 0 amide bonds. The van der Waals surface area contributed by atoms with E-state index in [1.807, 2.05) is 6.92 Å². The Bertz CT molecular complexity index is 409. The monoisotopic (exact) mass is 254 g/mol. The summed E-state index contributed by atoms with van der Waals surface area (Å²) in [5.74, 6) is 0.226. The molecule has 6 heteroatoms. The number of hydrogen-bond acceptors (Lipinski definition) is 5. The van der Waals surface area contributed by atoms with E-state index in [1.54, 1.807) is 18.2 Å². The first kappa shape index (κ1) is 14.2. The van der Waals surface area contributed by atoms with Crippen molar-refractivity contribution in [2.24, 2.45) is 0 Å². The fourth-order valence-corrected chi connectivity index (χ4v) is 1.75. The van der Waals surface area contributed by atoms with Gasteiger partial charge in [-0.25, -0.2) is 0 Å². The van der Waals surface area contributed by atoms with Crippen molar-refractivity contribution in [2.75, 3.05) is 19.0 Å². The lowest BCUT2D eigenvalue weighted by atomic mass is 10.1. The molecule has 0 aromatic heterocycles. The topological polar surface area (TPSA) is 84.6 Å². The number of nitro benzene ring substituents is 1. The summed E-state index contributed by atoms with van der Waals surface area (Å²) >= 11 is 0. The highest BCUT2D eigenvalue weighted by Gasteiger charge is 2.21. The number of hydrogen-bond donors (Lipinski definition) is 2. The molecule has 0 saturated heterocycles. The zero-order valence-corrected chi connectivity index (χ0v) is 10.5. The zero-order valence-electron chi connectivity index (χ0n) is 10.5. The number of rotatable bonds is 7. The Balaban J connectivity index is 3.03. The van der Waals surface area contributed by atoms with Gasteiger partial charge in [0.2, 0.25) is 0 Å². The minimum atomic E-state index is -0.465. The van der Waals surface area contributed by atoms with E-state index >= 15 is 0 Å². The summed E-state index contributed by atoms with van der Waals surface area (Å²) in [6.07, 6.45) is 1.32. The van der Waals surface area contributed by atoms with Gasteiger partial charge in [-0.05, 0) is 25.0 Å². The molecular formula is C12H18N2O4. The van der Waals surface area contributed by atoms with E-state index in [1.165, 1.54) is 7.11 Å². The Labute approximate surface area is 106 Å². The normalized spacial score (nSPS) is 11.9. The number of nitrogens with one attached hydrogen (secondary N) is 1. The Morgan fingerprint density at radius 2 is 2.28 bits per heavy atom. The van der Waals surface area contributed by atoms with Gasteiger partial charge in [0.05, 0.1) is 12.0 Å². The Kier molecular flexibility index (Phi) is 5.38. The van der Waals surface area contributed by atoms with Crippen LogP contribution in [-0.2, 0) is 0 Å². The van der Waals surface area contributed by atoms with E-state index in [4.69, 9.17) is 9.84 Å². The summed E-state index contributed by atoms with van der Waals surface area (Å²) in [5.41, 5.74) is 0.344. The first-order valence-electron chi connectivity index (χ1n) is 5.82. The van der Waals surface area contributed by atoms with E-state index in [9.17, 15) is 10.1 Å². The third kappa shape index (κ3) is 3.33. The summed E-state index contributed by atoms with van der Waals surface area (Å²) in [7, 11) is 1.40. The minimum Gasteiger partial charge on any atom is -0.490 e. The summed E-state index contributed by atoms with van der Waals surface area (Å²) in [4.78, 5) is 10.6. The molecule has 0 heterocycles. The maximum Gasteiger partial charge on any atom is 0.333 e. The maximum atomic E-state index is 11.1. The highest BCUT2D eigenvalue weighted by Crippen LogP contribution is 2.35. The number of nitrogens with zero attached hydrogens (tertiary/aromatic N) is 1. The van der Waals surface area contributed by atoms with Crippen LogP contribution in [0.15, 0.2) is 18.2 Å². The summed E-state index contributed by atoms with van der Waals surface area (Å²) in [6, 6.07) is 4.89. The second kappa shape index (κ2) is 6.80. The van der Waals surface area contributed by atoms with Crippen LogP contribution >= 0.6 is 0 Å². The van der Waals surface area contributed by atoms with Gasteiger partial charge in [0.25, 0.3) is 0 Å². The number of ether oxygens (including phenoxy) is 1. The number of aliphatic hydroxyl groups excluding tert-OH is 1. The lowest BCUT2D eigenvalue weighted by Crippen LogP contribution is -2.20. The van der Waals surface area contributed by atoms with Crippen LogP contribution in [0.2, 0.25) is 0 Å². The molecule has 0 aliphatic carbocycles. The molecule has 0 saturated carbocycles. The quantitative estimate of drug-likeness (QED) is 0.575. The fourth-order valence-electron chi connectivity index (χ4n) is 1.75. The first-order chi connectivity index (χ1) is 8.63. The standard InChI is InChI=1S/C12H18N2O4/c1-3-9(7-8-15)13-10-5-4-6-11(18-2)12(10)14(16)17/h4-6,9,13,15H,3,7-8H2,1-2H3. The first-order valence-corrected chi connectivity index (χ1v) is 5.82. The van der Waals surface area contributed by atoms with E-state index < -0.39 is 4.92 Å². The molecule has 0 aliphatic rings. The van der Waals surface area contributed by atoms with Crippen molar-refractivity contribution in [3.8, 4) is 5.75 Å². The summed E-state index contributed by atoms with van der Waals surface area (Å²) in [6.45, 7) is 2.00. The molecule has 0 radical (unpaired) electrons. The molecule has 0 fully saturated rings. The van der Waals surface area contributed by atoms with Crippen LogP contribution in [0.4, 0.5) is 11.4 Å². The lowest BCUT2D eigenvalue weighted by Gasteiger charge is -2.17. The van der Waals surface area contributed by atoms with Crippen LogP contribution in [0.5, 0.6) is 5.75 Å². The Morgan fingerprint density at radius 1 is 1.56 bits per heavy atom. The fraction of sp³-hybridized carbons (Fsp3) is 0.500. The average Bonchev–Trinajstić information content (AvgIpc) is 2.37. The third-order valence-corrected chi connectivity index (χ3v) is 2.73. The van der Waals surface area contributed by atoms with Gasteiger partial charge in [0, 0.05) is 12.6 Å². The van der Waals surface area contributed by atoms with E-state index in [-0.39, 0.29) is 24.1 Å². The van der Waals surface area contributed by atoms with E-state index in [0.29, 0.717) is 12.1 Å². The van der Waals surface area contributed by atoms with E-state index in [2.05, 4.69) is 5.32 Å². The molecule has 1 aromatic carbocycles. The van der Waals surface area contributed by atoms with Gasteiger partial charge >= 0.3 is 5.69 Å². The van der Waals surface area contributed by atoms with Crippen LogP contribution in [0.1, 0.15) is 19.8 Å². The Hall–Kier alpha value is -1.82. The van der Waals surface area contributed by atoms with Crippen LogP contribution in [0.3, 0.4) is 0 Å². The molecule has 1 aromatic rings. The molecule has 1 atom stereocenters. The maximum absolute atomic E-state index is 11.1. The van der Waals surface area contributed by atoms with Crippen molar-refractivity contribution in [3.63, 3.8) is 0 Å². The minimum absolute atomic E-state index is 0.000746. The van der Waals surface area contributed by atoms with Gasteiger partial charge in [-0.3, -0.25) is 10.1 Å². The largest absolute Gasteiger partial charge is 0.490 e. The van der Waals surface area contributed by atoms with Crippen LogP contribution < -0.4 is 10.1 Å².